The Hall–Kier alpha value is -3.06. The summed E-state index contributed by atoms with van der Waals surface area (Å²) >= 11 is 1.55. The summed E-state index contributed by atoms with van der Waals surface area (Å²) in [7, 11) is 0. The molecule has 0 saturated heterocycles. The molecule has 1 aliphatic rings. The molecule has 7 heteroatoms. The molecule has 0 fully saturated rings. The van der Waals surface area contributed by atoms with Crippen LogP contribution in [0.1, 0.15) is 33.3 Å². The summed E-state index contributed by atoms with van der Waals surface area (Å²) in [4.78, 5) is 27.8. The van der Waals surface area contributed by atoms with Crippen molar-refractivity contribution in [2.24, 2.45) is 0 Å². The molecule has 0 saturated carbocycles. The lowest BCUT2D eigenvalue weighted by Gasteiger charge is -2.25. The zero-order chi connectivity index (χ0) is 18.9. The molecule has 0 unspecified atom stereocenters. The first kappa shape index (κ1) is 17.1. The Morgan fingerprint density at radius 3 is 3.11 bits per heavy atom. The van der Waals surface area contributed by atoms with Gasteiger partial charge < -0.3 is 9.32 Å². The number of fused-ring (bicyclic) bond motifs is 2. The smallest absolute Gasteiger partial charge is 0.254 e. The van der Waals surface area contributed by atoms with Gasteiger partial charge in [0, 0.05) is 37.3 Å². The number of oxazole rings is 1. The maximum Gasteiger partial charge on any atom is 0.254 e. The van der Waals surface area contributed by atoms with Crippen LogP contribution in [0.2, 0.25) is 0 Å². The number of aromatic nitrogens is 3. The number of pyridine rings is 1. The maximum absolute atomic E-state index is 12.9. The van der Waals surface area contributed by atoms with Crippen LogP contribution in [0.15, 0.2) is 52.7 Å². The fraction of sp³-hybridized carbons (Fsp3) is 0.238. The number of benzene rings is 1. The monoisotopic (exact) mass is 390 g/mol. The summed E-state index contributed by atoms with van der Waals surface area (Å²) in [5.41, 5.74) is 5.46. The maximum atomic E-state index is 12.9. The number of amides is 1. The van der Waals surface area contributed by atoms with Crippen LogP contribution >= 0.6 is 11.3 Å². The molecule has 140 valence electrons. The molecule has 0 N–H and O–H groups in total. The molecule has 1 aliphatic heterocycles. The first-order valence-corrected chi connectivity index (χ1v) is 10.1. The van der Waals surface area contributed by atoms with Gasteiger partial charge in [0.2, 0.25) is 0 Å². The minimum atomic E-state index is 0.0286. The lowest BCUT2D eigenvalue weighted by molar-refractivity contribution is 0.0728. The minimum Gasteiger partial charge on any atom is -0.445 e. The molecule has 0 bridgehead atoms. The fourth-order valence-corrected chi connectivity index (χ4v) is 4.22. The van der Waals surface area contributed by atoms with Gasteiger partial charge in [-0.2, -0.15) is 0 Å². The Kier molecular flexibility index (Phi) is 4.37. The third kappa shape index (κ3) is 3.29. The molecule has 4 heterocycles. The Labute approximate surface area is 165 Å². The highest BCUT2D eigenvalue weighted by molar-refractivity contribution is 7.16. The van der Waals surface area contributed by atoms with Crippen LogP contribution in [0.5, 0.6) is 0 Å². The van der Waals surface area contributed by atoms with Gasteiger partial charge in [0.1, 0.15) is 11.5 Å². The van der Waals surface area contributed by atoms with Gasteiger partial charge in [-0.15, -0.1) is 11.3 Å². The number of thiazole rings is 1. The summed E-state index contributed by atoms with van der Waals surface area (Å²) in [5, 5.41) is 0. The summed E-state index contributed by atoms with van der Waals surface area (Å²) in [6.45, 7) is 1.13. The number of aryl methyl sites for hydroxylation is 2. The van der Waals surface area contributed by atoms with E-state index in [4.69, 9.17) is 4.42 Å². The quantitative estimate of drug-likeness (QED) is 0.532. The first-order chi connectivity index (χ1) is 13.8. The van der Waals surface area contributed by atoms with Crippen LogP contribution in [-0.4, -0.2) is 32.3 Å². The summed E-state index contributed by atoms with van der Waals surface area (Å²) in [6, 6.07) is 9.66. The summed E-state index contributed by atoms with van der Waals surface area (Å²) < 4.78 is 6.96. The lowest BCUT2D eigenvalue weighted by atomic mass is 10.1. The van der Waals surface area contributed by atoms with Crippen molar-refractivity contribution in [3.05, 3.63) is 76.7 Å². The van der Waals surface area contributed by atoms with Gasteiger partial charge in [0.15, 0.2) is 5.89 Å². The van der Waals surface area contributed by atoms with Crippen molar-refractivity contribution in [3.8, 4) is 0 Å². The standard InChI is InChI=1S/C21H18N4O2S/c26-21(15-4-5-16-19(10-15)28-13-23-16)25-9-7-18-17(12-25)24-20(27-18)6-3-14-2-1-8-22-11-14/h1-2,4-5,8,10-11,13H,3,6-7,9,12H2. The molecule has 4 aromatic rings. The van der Waals surface area contributed by atoms with Crippen LogP contribution in [0.4, 0.5) is 0 Å². The van der Waals surface area contributed by atoms with E-state index in [1.54, 1.807) is 23.0 Å². The van der Waals surface area contributed by atoms with E-state index in [2.05, 4.69) is 21.0 Å². The average Bonchev–Trinajstić information content (AvgIpc) is 3.37. The molecular formula is C21H18N4O2S. The number of carbonyl (C=O) groups excluding carboxylic acids is 1. The predicted molar refractivity (Wildman–Crippen MR) is 106 cm³/mol. The molecule has 6 nitrogen and oxygen atoms in total. The molecule has 0 atom stereocenters. The summed E-state index contributed by atoms with van der Waals surface area (Å²) in [5.74, 6) is 1.67. The predicted octanol–water partition coefficient (Wildman–Crippen LogP) is 3.66. The van der Waals surface area contributed by atoms with E-state index in [0.29, 0.717) is 25.1 Å². The van der Waals surface area contributed by atoms with E-state index in [0.717, 1.165) is 46.0 Å². The normalized spacial score (nSPS) is 13.6. The van der Waals surface area contributed by atoms with Crippen molar-refractivity contribution in [1.29, 1.82) is 0 Å². The van der Waals surface area contributed by atoms with Crippen LogP contribution in [0.25, 0.3) is 10.2 Å². The van der Waals surface area contributed by atoms with E-state index in [9.17, 15) is 4.79 Å². The van der Waals surface area contributed by atoms with Crippen molar-refractivity contribution >= 4 is 27.5 Å². The molecule has 1 amide bonds. The highest BCUT2D eigenvalue weighted by Gasteiger charge is 2.26. The Morgan fingerprint density at radius 1 is 1.25 bits per heavy atom. The highest BCUT2D eigenvalue weighted by atomic mass is 32.1. The van der Waals surface area contributed by atoms with Gasteiger partial charge >= 0.3 is 0 Å². The van der Waals surface area contributed by atoms with Crippen LogP contribution < -0.4 is 0 Å². The minimum absolute atomic E-state index is 0.0286. The van der Waals surface area contributed by atoms with E-state index in [-0.39, 0.29) is 5.91 Å². The van der Waals surface area contributed by atoms with Gasteiger partial charge in [0.05, 0.1) is 22.3 Å². The highest BCUT2D eigenvalue weighted by Crippen LogP contribution is 2.24. The lowest BCUT2D eigenvalue weighted by Crippen LogP contribution is -2.35. The van der Waals surface area contributed by atoms with Crippen molar-refractivity contribution in [3.63, 3.8) is 0 Å². The first-order valence-electron chi connectivity index (χ1n) is 9.25. The second-order valence-electron chi connectivity index (χ2n) is 6.85. The molecular weight excluding hydrogens is 372 g/mol. The Balaban J connectivity index is 1.29. The molecule has 1 aromatic carbocycles. The van der Waals surface area contributed by atoms with Crippen LogP contribution in [0, 0.1) is 0 Å². The van der Waals surface area contributed by atoms with Crippen molar-refractivity contribution in [1.82, 2.24) is 19.9 Å². The van der Waals surface area contributed by atoms with Crippen molar-refractivity contribution in [2.75, 3.05) is 6.54 Å². The van der Waals surface area contributed by atoms with Crippen LogP contribution in [-0.2, 0) is 25.8 Å². The van der Waals surface area contributed by atoms with Gasteiger partial charge in [0.25, 0.3) is 5.91 Å². The second kappa shape index (κ2) is 7.16. The van der Waals surface area contributed by atoms with Gasteiger partial charge in [-0.05, 0) is 36.2 Å². The second-order valence-corrected chi connectivity index (χ2v) is 7.74. The largest absolute Gasteiger partial charge is 0.445 e. The van der Waals surface area contributed by atoms with Crippen LogP contribution in [0.3, 0.4) is 0 Å². The number of hydrogen-bond donors (Lipinski definition) is 0. The van der Waals surface area contributed by atoms with Gasteiger partial charge in [-0.1, -0.05) is 6.07 Å². The Morgan fingerprint density at radius 2 is 2.21 bits per heavy atom. The molecule has 3 aromatic heterocycles. The molecule has 28 heavy (non-hydrogen) atoms. The average molecular weight is 390 g/mol. The van der Waals surface area contributed by atoms with E-state index < -0.39 is 0 Å². The number of hydrogen-bond acceptors (Lipinski definition) is 6. The number of rotatable bonds is 4. The SMILES string of the molecule is O=C(c1ccc2ncsc2c1)N1CCc2oc(CCc3cccnc3)nc2C1. The topological polar surface area (TPSA) is 72.1 Å². The number of nitrogens with zero attached hydrogens (tertiary/aromatic N) is 4. The summed E-state index contributed by atoms with van der Waals surface area (Å²) in [6.07, 6.45) is 5.90. The zero-order valence-electron chi connectivity index (χ0n) is 15.2. The molecule has 5 rings (SSSR count). The fourth-order valence-electron chi connectivity index (χ4n) is 3.50. The van der Waals surface area contributed by atoms with Crippen molar-refractivity contribution < 1.29 is 9.21 Å². The Bertz CT molecular complexity index is 1140. The van der Waals surface area contributed by atoms with E-state index in [1.807, 2.05) is 35.4 Å². The zero-order valence-corrected chi connectivity index (χ0v) is 16.0. The molecule has 0 radical (unpaired) electrons. The van der Waals surface area contributed by atoms with Gasteiger partial charge in [-0.25, -0.2) is 9.97 Å². The third-order valence-electron chi connectivity index (χ3n) is 4.99. The van der Waals surface area contributed by atoms with Crippen molar-refractivity contribution in [2.45, 2.75) is 25.8 Å². The third-order valence-corrected chi connectivity index (χ3v) is 5.78. The van der Waals surface area contributed by atoms with E-state index >= 15 is 0 Å². The molecule has 0 spiro atoms. The van der Waals surface area contributed by atoms with Gasteiger partial charge in [-0.3, -0.25) is 9.78 Å². The van der Waals surface area contributed by atoms with E-state index in [1.165, 1.54) is 0 Å². The number of carbonyl (C=O) groups is 1. The molecule has 0 aliphatic carbocycles.